The molecular weight excluding hydrogens is 374 g/mol. The largest absolute Gasteiger partial charge is 0.343 e. The molecule has 2 bridgehead atoms. The van der Waals surface area contributed by atoms with Crippen LogP contribution in [0, 0.1) is 23.7 Å². The van der Waals surface area contributed by atoms with Crippen molar-refractivity contribution in [2.24, 2.45) is 29.4 Å². The summed E-state index contributed by atoms with van der Waals surface area (Å²) >= 11 is 0. The molecule has 0 aliphatic heterocycles. The fraction of sp³-hybridized carbons (Fsp3) is 0.680. The average Bonchev–Trinajstić information content (AvgIpc) is 3.34. The van der Waals surface area contributed by atoms with Crippen molar-refractivity contribution in [3.8, 4) is 0 Å². The molecule has 0 radical (unpaired) electrons. The number of rotatable bonds is 8. The SMILES string of the molecule is CCN(C(=O)[C@@H](NC(=O)[C@@H](N)C(C)C)C(C)C)C1C2CCC(C2)C1c1ccccc1. The molecule has 4 unspecified atom stereocenters. The van der Waals surface area contributed by atoms with Gasteiger partial charge in [-0.1, -0.05) is 58.0 Å². The van der Waals surface area contributed by atoms with Crippen molar-refractivity contribution in [2.75, 3.05) is 6.54 Å². The molecule has 0 heterocycles. The minimum atomic E-state index is -0.603. The molecule has 3 N–H and O–H groups in total. The number of hydrogen-bond donors (Lipinski definition) is 2. The molecule has 30 heavy (non-hydrogen) atoms. The first-order chi connectivity index (χ1) is 14.3. The minimum absolute atomic E-state index is 0.00336. The van der Waals surface area contributed by atoms with Crippen LogP contribution in [0.15, 0.2) is 30.3 Å². The van der Waals surface area contributed by atoms with Crippen molar-refractivity contribution >= 4 is 11.8 Å². The van der Waals surface area contributed by atoms with Gasteiger partial charge >= 0.3 is 0 Å². The molecule has 166 valence electrons. The van der Waals surface area contributed by atoms with E-state index in [0.717, 1.165) is 0 Å². The summed E-state index contributed by atoms with van der Waals surface area (Å²) in [5.74, 6) is 1.41. The maximum Gasteiger partial charge on any atom is 0.245 e. The van der Waals surface area contributed by atoms with Crippen LogP contribution in [0.3, 0.4) is 0 Å². The molecule has 1 aromatic rings. The first-order valence-electron chi connectivity index (χ1n) is 11.7. The number of likely N-dealkylation sites (N-methyl/N-ethyl adjacent to an activating group) is 1. The molecular formula is C25H39N3O2. The molecule has 1 aromatic carbocycles. The van der Waals surface area contributed by atoms with Gasteiger partial charge in [0, 0.05) is 18.5 Å². The summed E-state index contributed by atoms with van der Waals surface area (Å²) in [4.78, 5) is 28.5. The lowest BCUT2D eigenvalue weighted by Gasteiger charge is -2.42. The quantitative estimate of drug-likeness (QED) is 0.684. The summed E-state index contributed by atoms with van der Waals surface area (Å²) in [6.07, 6.45) is 3.64. The molecule has 5 nitrogen and oxygen atoms in total. The number of carbonyl (C=O) groups excluding carboxylic acids is 2. The predicted octanol–water partition coefficient (Wildman–Crippen LogP) is 3.54. The zero-order valence-electron chi connectivity index (χ0n) is 19.2. The Balaban J connectivity index is 1.85. The Labute approximate surface area is 181 Å². The van der Waals surface area contributed by atoms with Crippen molar-refractivity contribution in [2.45, 2.75) is 77.9 Å². The van der Waals surface area contributed by atoms with Gasteiger partial charge in [0.05, 0.1) is 6.04 Å². The summed E-state index contributed by atoms with van der Waals surface area (Å²) in [5.41, 5.74) is 7.39. The fourth-order valence-corrected chi connectivity index (χ4v) is 5.61. The van der Waals surface area contributed by atoms with E-state index in [1.807, 2.05) is 27.7 Å². The van der Waals surface area contributed by atoms with Gasteiger partial charge < -0.3 is 16.0 Å². The second kappa shape index (κ2) is 9.51. The van der Waals surface area contributed by atoms with Crippen molar-refractivity contribution < 1.29 is 9.59 Å². The van der Waals surface area contributed by atoms with Crippen molar-refractivity contribution in [3.63, 3.8) is 0 Å². The van der Waals surface area contributed by atoms with Crippen LogP contribution in [0.1, 0.15) is 65.4 Å². The van der Waals surface area contributed by atoms with Gasteiger partial charge in [-0.3, -0.25) is 9.59 Å². The predicted molar refractivity (Wildman–Crippen MR) is 121 cm³/mol. The van der Waals surface area contributed by atoms with Crippen LogP contribution in [-0.2, 0) is 9.59 Å². The van der Waals surface area contributed by atoms with Crippen molar-refractivity contribution in [1.29, 1.82) is 0 Å². The van der Waals surface area contributed by atoms with Crippen LogP contribution in [0.5, 0.6) is 0 Å². The lowest BCUT2D eigenvalue weighted by atomic mass is 9.78. The third-order valence-corrected chi connectivity index (χ3v) is 7.29. The summed E-state index contributed by atoms with van der Waals surface area (Å²) in [5, 5.41) is 2.98. The van der Waals surface area contributed by atoms with E-state index in [-0.39, 0.29) is 29.7 Å². The second-order valence-corrected chi connectivity index (χ2v) is 9.88. The lowest BCUT2D eigenvalue weighted by molar-refractivity contribution is -0.141. The standard InChI is InChI=1S/C25H39N3O2/c1-6-28(25(30)22(16(4)5)27-24(29)21(26)15(2)3)23-19-13-12-18(14-19)20(23)17-10-8-7-9-11-17/h7-11,15-16,18-23H,6,12-14,26H2,1-5H3,(H,27,29)/t18?,19?,20?,21-,22-,23?/m0/s1. The fourth-order valence-electron chi connectivity index (χ4n) is 5.61. The van der Waals surface area contributed by atoms with Crippen LogP contribution in [0.2, 0.25) is 0 Å². The third kappa shape index (κ3) is 4.41. The van der Waals surface area contributed by atoms with Crippen LogP contribution < -0.4 is 11.1 Å². The van der Waals surface area contributed by atoms with Gasteiger partial charge in [-0.05, 0) is 55.4 Å². The Morgan fingerprint density at radius 3 is 2.27 bits per heavy atom. The van der Waals surface area contributed by atoms with E-state index >= 15 is 0 Å². The Morgan fingerprint density at radius 2 is 1.70 bits per heavy atom. The normalized spacial score (nSPS) is 27.3. The van der Waals surface area contributed by atoms with E-state index in [4.69, 9.17) is 5.73 Å². The Bertz CT molecular complexity index is 733. The molecule has 0 aromatic heterocycles. The molecule has 5 heteroatoms. The summed E-state index contributed by atoms with van der Waals surface area (Å²) in [6, 6.07) is 9.73. The van der Waals surface area contributed by atoms with Crippen molar-refractivity contribution in [3.05, 3.63) is 35.9 Å². The van der Waals surface area contributed by atoms with Gasteiger partial charge in [0.25, 0.3) is 0 Å². The van der Waals surface area contributed by atoms with E-state index < -0.39 is 12.1 Å². The number of hydrogen-bond acceptors (Lipinski definition) is 3. The third-order valence-electron chi connectivity index (χ3n) is 7.29. The van der Waals surface area contributed by atoms with Gasteiger partial charge in [0.2, 0.25) is 11.8 Å². The number of nitrogens with two attached hydrogens (primary N) is 1. The van der Waals surface area contributed by atoms with Crippen LogP contribution >= 0.6 is 0 Å². The van der Waals surface area contributed by atoms with Crippen LogP contribution in [0.4, 0.5) is 0 Å². The molecule has 2 aliphatic rings. The highest BCUT2D eigenvalue weighted by atomic mass is 16.2. The molecule has 0 spiro atoms. The number of benzene rings is 1. The van der Waals surface area contributed by atoms with Crippen LogP contribution in [-0.4, -0.2) is 41.4 Å². The molecule has 2 saturated carbocycles. The number of nitrogens with one attached hydrogen (secondary N) is 1. The zero-order valence-corrected chi connectivity index (χ0v) is 19.2. The second-order valence-electron chi connectivity index (χ2n) is 9.88. The molecule has 0 saturated heterocycles. The summed E-state index contributed by atoms with van der Waals surface area (Å²) < 4.78 is 0. The molecule has 3 rings (SSSR count). The lowest BCUT2D eigenvalue weighted by Crippen LogP contribution is -2.58. The number of fused-ring (bicyclic) bond motifs is 2. The van der Waals surface area contributed by atoms with Gasteiger partial charge in [-0.25, -0.2) is 0 Å². The summed E-state index contributed by atoms with van der Waals surface area (Å²) in [6.45, 7) is 10.6. The Hall–Kier alpha value is -1.88. The minimum Gasteiger partial charge on any atom is -0.343 e. The molecule has 2 amide bonds. The molecule has 6 atom stereocenters. The van der Waals surface area contributed by atoms with E-state index in [0.29, 0.717) is 24.3 Å². The molecule has 2 aliphatic carbocycles. The Kier molecular flexibility index (Phi) is 7.22. The van der Waals surface area contributed by atoms with Crippen molar-refractivity contribution in [1.82, 2.24) is 10.2 Å². The highest BCUT2D eigenvalue weighted by Gasteiger charge is 2.51. The van der Waals surface area contributed by atoms with E-state index in [1.54, 1.807) is 0 Å². The highest BCUT2D eigenvalue weighted by Crippen LogP contribution is 2.55. The van der Waals surface area contributed by atoms with Gasteiger partial charge in [0.15, 0.2) is 0 Å². The number of amides is 2. The maximum atomic E-state index is 13.8. The number of nitrogens with zero attached hydrogens (tertiary/aromatic N) is 1. The highest BCUT2D eigenvalue weighted by molar-refractivity contribution is 5.90. The Morgan fingerprint density at radius 1 is 1.07 bits per heavy atom. The smallest absolute Gasteiger partial charge is 0.245 e. The van der Waals surface area contributed by atoms with Crippen LogP contribution in [0.25, 0.3) is 0 Å². The molecule has 2 fully saturated rings. The van der Waals surface area contributed by atoms with Gasteiger partial charge in [0.1, 0.15) is 6.04 Å². The van der Waals surface area contributed by atoms with Gasteiger partial charge in [-0.15, -0.1) is 0 Å². The summed E-state index contributed by atoms with van der Waals surface area (Å²) in [7, 11) is 0. The topological polar surface area (TPSA) is 75.4 Å². The van der Waals surface area contributed by atoms with Gasteiger partial charge in [-0.2, -0.15) is 0 Å². The first kappa shape index (κ1) is 22.8. The van der Waals surface area contributed by atoms with E-state index in [9.17, 15) is 9.59 Å². The maximum absolute atomic E-state index is 13.8. The van der Waals surface area contributed by atoms with E-state index in [1.165, 1.54) is 24.8 Å². The van der Waals surface area contributed by atoms with E-state index in [2.05, 4.69) is 47.5 Å². The monoisotopic (exact) mass is 413 g/mol. The first-order valence-corrected chi connectivity index (χ1v) is 11.7. The number of carbonyl (C=O) groups is 2. The average molecular weight is 414 g/mol. The zero-order chi connectivity index (χ0) is 22.0.